The summed E-state index contributed by atoms with van der Waals surface area (Å²) in [6.45, 7) is 3.57. The Kier molecular flexibility index (Phi) is 3.05. The summed E-state index contributed by atoms with van der Waals surface area (Å²) in [6.07, 6.45) is 0. The van der Waals surface area contributed by atoms with Crippen molar-refractivity contribution in [3.05, 3.63) is 5.82 Å². The summed E-state index contributed by atoms with van der Waals surface area (Å²) in [5.74, 6) is 0.409. The zero-order valence-corrected chi connectivity index (χ0v) is 8.41. The van der Waals surface area contributed by atoms with Gasteiger partial charge in [-0.1, -0.05) is 11.8 Å². The molecule has 0 aliphatic heterocycles. The fraction of sp³-hybridized carbons (Fsp3) is 0.500. The zero-order valence-electron chi connectivity index (χ0n) is 6.77. The number of hydrogen-bond acceptors (Lipinski definition) is 5. The van der Waals surface area contributed by atoms with Gasteiger partial charge in [0.2, 0.25) is 5.91 Å². The number of thioether (sulfide) groups is 1. The molecule has 0 aliphatic rings. The van der Waals surface area contributed by atoms with Crippen LogP contribution in [0.15, 0.2) is 4.34 Å². The molecular weight excluding hydrogens is 194 g/mol. The van der Waals surface area contributed by atoms with E-state index < -0.39 is 0 Å². The summed E-state index contributed by atoms with van der Waals surface area (Å²) in [4.78, 5) is 14.8. The van der Waals surface area contributed by atoms with Crippen LogP contribution >= 0.6 is 23.3 Å². The van der Waals surface area contributed by atoms with Crippen molar-refractivity contribution >= 4 is 29.2 Å². The Morgan fingerprint density at radius 3 is 2.83 bits per heavy atom. The van der Waals surface area contributed by atoms with E-state index in [9.17, 15) is 4.79 Å². The van der Waals surface area contributed by atoms with Crippen LogP contribution in [-0.4, -0.2) is 20.5 Å². The Balaban J connectivity index is 2.58. The number of hydrogen-bond donors (Lipinski definition) is 1. The maximum Gasteiger partial charge on any atom is 0.230 e. The van der Waals surface area contributed by atoms with Gasteiger partial charge in [-0.15, -0.1) is 0 Å². The summed E-state index contributed by atoms with van der Waals surface area (Å²) in [5.41, 5.74) is 5.09. The molecule has 0 saturated heterocycles. The molecule has 0 radical (unpaired) electrons. The van der Waals surface area contributed by atoms with Crippen LogP contribution < -0.4 is 5.73 Å². The molecule has 66 valence electrons. The van der Waals surface area contributed by atoms with E-state index in [1.807, 2.05) is 6.92 Å². The molecule has 1 atom stereocenters. The molecule has 6 heteroatoms. The number of aryl methyl sites for hydroxylation is 1. The number of nitrogens with zero attached hydrogens (tertiary/aromatic N) is 2. The first-order chi connectivity index (χ1) is 5.59. The van der Waals surface area contributed by atoms with Crippen LogP contribution in [0.1, 0.15) is 12.7 Å². The minimum absolute atomic E-state index is 0.239. The number of carbonyl (C=O) groups excluding carboxylic acids is 1. The van der Waals surface area contributed by atoms with Crippen molar-refractivity contribution in [2.45, 2.75) is 23.4 Å². The molecule has 2 N–H and O–H groups in total. The lowest BCUT2D eigenvalue weighted by atomic mass is 10.5. The van der Waals surface area contributed by atoms with Crippen molar-refractivity contribution in [2.24, 2.45) is 5.73 Å². The largest absolute Gasteiger partial charge is 0.369 e. The predicted molar refractivity (Wildman–Crippen MR) is 49.2 cm³/mol. The lowest BCUT2D eigenvalue weighted by molar-refractivity contribution is -0.117. The molecule has 0 saturated carbocycles. The first kappa shape index (κ1) is 9.47. The quantitative estimate of drug-likeness (QED) is 0.738. The Morgan fingerprint density at radius 1 is 1.75 bits per heavy atom. The highest BCUT2D eigenvalue weighted by Crippen LogP contribution is 2.24. The Hall–Kier alpha value is -0.620. The van der Waals surface area contributed by atoms with Crippen molar-refractivity contribution in [3.63, 3.8) is 0 Å². The van der Waals surface area contributed by atoms with Gasteiger partial charge < -0.3 is 5.73 Å². The van der Waals surface area contributed by atoms with E-state index in [2.05, 4.69) is 9.36 Å². The maximum absolute atomic E-state index is 10.7. The average molecular weight is 203 g/mol. The van der Waals surface area contributed by atoms with Crippen LogP contribution in [0.3, 0.4) is 0 Å². The fourth-order valence-corrected chi connectivity index (χ4v) is 2.28. The summed E-state index contributed by atoms with van der Waals surface area (Å²) < 4.78 is 4.78. The Bertz CT molecular complexity index is 286. The number of aromatic nitrogens is 2. The second-order valence-corrected chi connectivity index (χ2v) is 4.61. The van der Waals surface area contributed by atoms with Crippen molar-refractivity contribution in [3.8, 4) is 0 Å². The molecule has 0 aliphatic carbocycles. The Labute approximate surface area is 78.7 Å². The minimum Gasteiger partial charge on any atom is -0.369 e. The highest BCUT2D eigenvalue weighted by atomic mass is 32.2. The van der Waals surface area contributed by atoms with Crippen LogP contribution in [0.5, 0.6) is 0 Å². The van der Waals surface area contributed by atoms with E-state index in [0.717, 1.165) is 10.2 Å². The summed E-state index contributed by atoms with van der Waals surface area (Å²) in [5, 5.41) is -0.239. The van der Waals surface area contributed by atoms with Crippen LogP contribution in [0, 0.1) is 6.92 Å². The summed E-state index contributed by atoms with van der Waals surface area (Å²) in [6, 6.07) is 0. The van der Waals surface area contributed by atoms with Gasteiger partial charge in [0.1, 0.15) is 5.82 Å². The number of carbonyl (C=O) groups is 1. The van der Waals surface area contributed by atoms with Crippen LogP contribution in [0.25, 0.3) is 0 Å². The first-order valence-corrected chi connectivity index (χ1v) is 5.01. The molecule has 1 heterocycles. The predicted octanol–water partition coefficient (Wildman–Crippen LogP) is 0.812. The van der Waals surface area contributed by atoms with E-state index in [1.54, 1.807) is 6.92 Å². The number of nitrogens with two attached hydrogens (primary N) is 1. The molecular formula is C6H9N3OS2. The van der Waals surface area contributed by atoms with Gasteiger partial charge in [0.25, 0.3) is 0 Å². The van der Waals surface area contributed by atoms with Gasteiger partial charge >= 0.3 is 0 Å². The second-order valence-electron chi connectivity index (χ2n) is 2.27. The van der Waals surface area contributed by atoms with E-state index in [0.29, 0.717) is 0 Å². The molecule has 0 fully saturated rings. The maximum atomic E-state index is 10.7. The smallest absolute Gasteiger partial charge is 0.230 e. The summed E-state index contributed by atoms with van der Waals surface area (Å²) >= 11 is 2.63. The fourth-order valence-electron chi connectivity index (χ4n) is 0.535. The van der Waals surface area contributed by atoms with E-state index in [-0.39, 0.29) is 11.2 Å². The first-order valence-electron chi connectivity index (χ1n) is 3.36. The topological polar surface area (TPSA) is 68.9 Å². The van der Waals surface area contributed by atoms with Gasteiger partial charge in [-0.3, -0.25) is 4.79 Å². The zero-order chi connectivity index (χ0) is 9.14. The standard InChI is InChI=1S/C6H9N3OS2/c1-3(5(7)10)11-6-8-4(2)9-12-6/h3H,1-2H3,(H2,7,10). The molecule has 0 bridgehead atoms. The third kappa shape index (κ3) is 2.46. The van der Waals surface area contributed by atoms with Crippen LogP contribution in [-0.2, 0) is 4.79 Å². The molecule has 1 aromatic heterocycles. The van der Waals surface area contributed by atoms with Gasteiger partial charge in [-0.25, -0.2) is 4.98 Å². The molecule has 1 aromatic rings. The highest BCUT2D eigenvalue weighted by molar-refractivity contribution is 8.02. The van der Waals surface area contributed by atoms with Crippen molar-refractivity contribution < 1.29 is 4.79 Å². The van der Waals surface area contributed by atoms with Crippen molar-refractivity contribution in [1.29, 1.82) is 0 Å². The van der Waals surface area contributed by atoms with Crippen LogP contribution in [0.4, 0.5) is 0 Å². The number of primary amides is 1. The van der Waals surface area contributed by atoms with Gasteiger partial charge in [-0.2, -0.15) is 4.37 Å². The van der Waals surface area contributed by atoms with Crippen LogP contribution in [0.2, 0.25) is 0 Å². The van der Waals surface area contributed by atoms with Gasteiger partial charge in [-0.05, 0) is 25.4 Å². The lowest BCUT2D eigenvalue weighted by Gasteiger charge is -2.01. The average Bonchev–Trinajstić information content (AvgIpc) is 2.35. The van der Waals surface area contributed by atoms with E-state index in [4.69, 9.17) is 5.73 Å². The van der Waals surface area contributed by atoms with E-state index in [1.165, 1.54) is 23.3 Å². The number of amides is 1. The van der Waals surface area contributed by atoms with Crippen molar-refractivity contribution in [1.82, 2.24) is 9.36 Å². The minimum atomic E-state index is -0.326. The second kappa shape index (κ2) is 3.86. The molecule has 0 aromatic carbocycles. The molecule has 1 amide bonds. The third-order valence-electron chi connectivity index (χ3n) is 1.19. The Morgan fingerprint density at radius 2 is 2.42 bits per heavy atom. The lowest BCUT2D eigenvalue weighted by Crippen LogP contribution is -2.22. The third-order valence-corrected chi connectivity index (χ3v) is 3.18. The van der Waals surface area contributed by atoms with Gasteiger partial charge in [0.15, 0.2) is 4.34 Å². The SMILES string of the molecule is Cc1nsc(SC(C)C(N)=O)n1. The molecule has 0 spiro atoms. The summed E-state index contributed by atoms with van der Waals surface area (Å²) in [7, 11) is 0. The monoisotopic (exact) mass is 203 g/mol. The van der Waals surface area contributed by atoms with Gasteiger partial charge in [0.05, 0.1) is 5.25 Å². The molecule has 4 nitrogen and oxygen atoms in total. The molecule has 1 unspecified atom stereocenters. The van der Waals surface area contributed by atoms with E-state index >= 15 is 0 Å². The van der Waals surface area contributed by atoms with Crippen molar-refractivity contribution in [2.75, 3.05) is 0 Å². The van der Waals surface area contributed by atoms with Gasteiger partial charge in [0, 0.05) is 0 Å². The molecule has 12 heavy (non-hydrogen) atoms. The number of rotatable bonds is 3. The molecule has 1 rings (SSSR count). The highest BCUT2D eigenvalue weighted by Gasteiger charge is 2.12. The normalized spacial score (nSPS) is 12.8.